The van der Waals surface area contributed by atoms with Crippen molar-refractivity contribution in [2.24, 2.45) is 4.99 Å². The van der Waals surface area contributed by atoms with E-state index >= 15 is 0 Å². The standard InChI is InChI=1S/C23H21ClFN5O2/c1-30-11-18(27-12-30)13-2-5-15-17(10-13)26-9-8-19(15)32-20-7-6-16(21(24)22(20)25)29-23(31)28-14-3-4-14/h2,5-10,12,14,18H,3-4,11H2,1H3,(H2,28,29,31). The first-order valence-corrected chi connectivity index (χ1v) is 10.7. The van der Waals surface area contributed by atoms with E-state index in [9.17, 15) is 9.18 Å². The number of halogens is 2. The maximum atomic E-state index is 14.9. The summed E-state index contributed by atoms with van der Waals surface area (Å²) in [4.78, 5) is 22.9. The number of nitrogens with one attached hydrogen (secondary N) is 2. The average molecular weight is 454 g/mol. The Labute approximate surface area is 189 Å². The van der Waals surface area contributed by atoms with E-state index < -0.39 is 11.8 Å². The van der Waals surface area contributed by atoms with Crippen LogP contribution in [0.15, 0.2) is 47.6 Å². The molecule has 7 nitrogen and oxygen atoms in total. The van der Waals surface area contributed by atoms with E-state index in [0.29, 0.717) is 5.75 Å². The third-order valence-electron chi connectivity index (χ3n) is 5.44. The summed E-state index contributed by atoms with van der Waals surface area (Å²) in [5.74, 6) is -0.335. The van der Waals surface area contributed by atoms with Gasteiger partial charge in [-0.05, 0) is 48.7 Å². The highest BCUT2D eigenvalue weighted by Gasteiger charge is 2.24. The van der Waals surface area contributed by atoms with Gasteiger partial charge in [0.25, 0.3) is 0 Å². The molecule has 2 amide bonds. The summed E-state index contributed by atoms with van der Waals surface area (Å²) in [6.45, 7) is 0.810. The van der Waals surface area contributed by atoms with Crippen LogP contribution in [0.1, 0.15) is 24.4 Å². The molecule has 3 aromatic rings. The van der Waals surface area contributed by atoms with Crippen LogP contribution in [0.4, 0.5) is 14.9 Å². The van der Waals surface area contributed by atoms with Gasteiger partial charge in [-0.25, -0.2) is 9.18 Å². The number of aromatic nitrogens is 1. The van der Waals surface area contributed by atoms with Crippen LogP contribution in [-0.4, -0.2) is 41.9 Å². The first kappa shape index (κ1) is 20.5. The number of rotatable bonds is 5. The Morgan fingerprint density at radius 2 is 2.06 bits per heavy atom. The largest absolute Gasteiger partial charge is 0.453 e. The van der Waals surface area contributed by atoms with Gasteiger partial charge in [-0.2, -0.15) is 0 Å². The number of ether oxygens (including phenoxy) is 1. The molecule has 0 saturated heterocycles. The number of urea groups is 1. The summed E-state index contributed by atoms with van der Waals surface area (Å²) in [7, 11) is 1.98. The molecule has 0 radical (unpaired) electrons. The second-order valence-electron chi connectivity index (χ2n) is 8.02. The van der Waals surface area contributed by atoms with Gasteiger partial charge in [-0.3, -0.25) is 9.98 Å². The quantitative estimate of drug-likeness (QED) is 0.562. The minimum atomic E-state index is -0.749. The van der Waals surface area contributed by atoms with Crippen molar-refractivity contribution in [3.63, 3.8) is 0 Å². The zero-order chi connectivity index (χ0) is 22.2. The Balaban J connectivity index is 1.38. The highest BCUT2D eigenvalue weighted by Crippen LogP contribution is 2.37. The predicted molar refractivity (Wildman–Crippen MR) is 122 cm³/mol. The van der Waals surface area contributed by atoms with Crippen LogP contribution in [0.3, 0.4) is 0 Å². The lowest BCUT2D eigenvalue weighted by Gasteiger charge is -2.14. The number of nitrogens with zero attached hydrogens (tertiary/aromatic N) is 3. The van der Waals surface area contributed by atoms with Crippen molar-refractivity contribution in [1.82, 2.24) is 15.2 Å². The van der Waals surface area contributed by atoms with E-state index in [0.717, 1.165) is 35.9 Å². The van der Waals surface area contributed by atoms with Gasteiger partial charge in [-0.1, -0.05) is 17.7 Å². The lowest BCUT2D eigenvalue weighted by atomic mass is 10.0. The molecule has 1 aromatic heterocycles. The number of likely N-dealkylation sites (N-methyl/N-ethyl adjacent to an activating group) is 1. The van der Waals surface area contributed by atoms with E-state index in [1.165, 1.54) is 12.1 Å². The molecule has 0 spiro atoms. The predicted octanol–water partition coefficient (Wildman–Crippen LogP) is 5.12. The fourth-order valence-corrected chi connectivity index (χ4v) is 3.79. The topological polar surface area (TPSA) is 78.8 Å². The summed E-state index contributed by atoms with van der Waals surface area (Å²) < 4.78 is 20.8. The third-order valence-corrected chi connectivity index (χ3v) is 5.81. The molecular formula is C23H21ClFN5O2. The number of fused-ring (bicyclic) bond motifs is 1. The maximum Gasteiger partial charge on any atom is 0.319 e. The number of carbonyl (C=O) groups excluding carboxylic acids is 1. The minimum Gasteiger partial charge on any atom is -0.453 e. The van der Waals surface area contributed by atoms with Crippen LogP contribution >= 0.6 is 11.6 Å². The van der Waals surface area contributed by atoms with Gasteiger partial charge in [0.2, 0.25) is 0 Å². The number of anilines is 1. The maximum absolute atomic E-state index is 14.9. The van der Waals surface area contributed by atoms with Gasteiger partial charge in [0, 0.05) is 31.2 Å². The summed E-state index contributed by atoms with van der Waals surface area (Å²) in [5, 5.41) is 5.88. The van der Waals surface area contributed by atoms with Gasteiger partial charge in [0.1, 0.15) is 10.8 Å². The number of carbonyl (C=O) groups is 1. The molecule has 0 bridgehead atoms. The minimum absolute atomic E-state index is 0.0401. The van der Waals surface area contributed by atoms with Crippen LogP contribution in [0, 0.1) is 5.82 Å². The lowest BCUT2D eigenvalue weighted by molar-refractivity contribution is 0.251. The highest BCUT2D eigenvalue weighted by molar-refractivity contribution is 6.34. The van der Waals surface area contributed by atoms with Gasteiger partial charge in [0.15, 0.2) is 11.6 Å². The SMILES string of the molecule is CN1C=NC(c2ccc3c(Oc4ccc(NC(=O)NC5CC5)c(Cl)c4F)ccnc3c2)C1. The van der Waals surface area contributed by atoms with Crippen molar-refractivity contribution in [3.8, 4) is 11.5 Å². The fourth-order valence-electron chi connectivity index (χ4n) is 3.59. The van der Waals surface area contributed by atoms with Crippen molar-refractivity contribution in [1.29, 1.82) is 0 Å². The van der Waals surface area contributed by atoms with Crippen molar-refractivity contribution in [3.05, 3.63) is 59.0 Å². The number of amides is 2. The van der Waals surface area contributed by atoms with E-state index in [1.54, 1.807) is 12.3 Å². The Bertz CT molecular complexity index is 1230. The summed E-state index contributed by atoms with van der Waals surface area (Å²) in [5.41, 5.74) is 1.96. The van der Waals surface area contributed by atoms with Crippen LogP contribution in [-0.2, 0) is 0 Å². The van der Waals surface area contributed by atoms with Crippen molar-refractivity contribution >= 4 is 40.6 Å². The third kappa shape index (κ3) is 4.18. The molecule has 164 valence electrons. The Hall–Kier alpha value is -3.39. The molecule has 1 unspecified atom stereocenters. The number of hydrogen-bond donors (Lipinski definition) is 2. The van der Waals surface area contributed by atoms with E-state index in [1.807, 2.05) is 36.5 Å². The smallest absolute Gasteiger partial charge is 0.319 e. The highest BCUT2D eigenvalue weighted by atomic mass is 35.5. The van der Waals surface area contributed by atoms with Crippen LogP contribution < -0.4 is 15.4 Å². The second kappa shape index (κ2) is 8.27. The van der Waals surface area contributed by atoms with E-state index in [2.05, 4.69) is 20.6 Å². The number of pyridine rings is 1. The molecule has 2 aliphatic rings. The summed E-state index contributed by atoms with van der Waals surface area (Å²) in [6, 6.07) is 10.3. The second-order valence-corrected chi connectivity index (χ2v) is 8.40. The lowest BCUT2D eigenvalue weighted by Crippen LogP contribution is -2.30. The molecule has 2 aromatic carbocycles. The Morgan fingerprint density at radius 3 is 2.81 bits per heavy atom. The zero-order valence-corrected chi connectivity index (χ0v) is 18.1. The van der Waals surface area contributed by atoms with Crippen LogP contribution in [0.25, 0.3) is 10.9 Å². The molecule has 2 N–H and O–H groups in total. The van der Waals surface area contributed by atoms with Gasteiger partial charge >= 0.3 is 6.03 Å². The zero-order valence-electron chi connectivity index (χ0n) is 17.3. The van der Waals surface area contributed by atoms with Gasteiger partial charge in [0.05, 0.1) is 23.6 Å². The molecular weight excluding hydrogens is 433 g/mol. The molecule has 1 saturated carbocycles. The van der Waals surface area contributed by atoms with Crippen molar-refractivity contribution in [2.75, 3.05) is 18.9 Å². The number of aliphatic imine (C=N–C) groups is 1. The van der Waals surface area contributed by atoms with Crippen molar-refractivity contribution < 1.29 is 13.9 Å². The Morgan fingerprint density at radius 1 is 1.22 bits per heavy atom. The Kier molecular flexibility index (Phi) is 5.30. The first-order valence-electron chi connectivity index (χ1n) is 10.3. The van der Waals surface area contributed by atoms with E-state index in [-0.39, 0.29) is 28.5 Å². The summed E-state index contributed by atoms with van der Waals surface area (Å²) in [6.07, 6.45) is 5.34. The average Bonchev–Trinajstić information content (AvgIpc) is 3.49. The molecule has 1 fully saturated rings. The molecule has 5 rings (SSSR count). The first-order chi connectivity index (χ1) is 15.5. The summed E-state index contributed by atoms with van der Waals surface area (Å²) >= 11 is 6.16. The molecule has 1 aliphatic heterocycles. The molecule has 1 aliphatic carbocycles. The number of hydrogen-bond acceptors (Lipinski definition) is 5. The molecule has 32 heavy (non-hydrogen) atoms. The van der Waals surface area contributed by atoms with Crippen LogP contribution in [0.5, 0.6) is 11.5 Å². The number of benzene rings is 2. The monoisotopic (exact) mass is 453 g/mol. The fraction of sp³-hybridized carbons (Fsp3) is 0.261. The van der Waals surface area contributed by atoms with Crippen molar-refractivity contribution in [2.45, 2.75) is 24.9 Å². The molecule has 9 heteroatoms. The van der Waals surface area contributed by atoms with Gasteiger partial charge in [-0.15, -0.1) is 0 Å². The van der Waals surface area contributed by atoms with E-state index in [4.69, 9.17) is 16.3 Å². The van der Waals surface area contributed by atoms with Crippen LogP contribution in [0.2, 0.25) is 5.02 Å². The normalized spacial score (nSPS) is 17.6. The molecule has 1 atom stereocenters. The molecule has 2 heterocycles. The van der Waals surface area contributed by atoms with Gasteiger partial charge < -0.3 is 20.3 Å².